The number of esters is 1. The highest BCUT2D eigenvalue weighted by molar-refractivity contribution is 7.99. The Bertz CT molecular complexity index is 774. The molecule has 136 valence electrons. The first kappa shape index (κ1) is 19.2. The molecule has 1 amide bonds. The van der Waals surface area contributed by atoms with Crippen molar-refractivity contribution in [2.75, 3.05) is 12.9 Å². The van der Waals surface area contributed by atoms with Crippen LogP contribution in [0, 0.1) is 19.8 Å². The van der Waals surface area contributed by atoms with Gasteiger partial charge in [0, 0.05) is 11.4 Å². The van der Waals surface area contributed by atoms with E-state index >= 15 is 0 Å². The van der Waals surface area contributed by atoms with Crippen molar-refractivity contribution >= 4 is 29.4 Å². The second-order valence-electron chi connectivity index (χ2n) is 6.21. The van der Waals surface area contributed by atoms with Crippen LogP contribution in [-0.4, -0.2) is 50.4 Å². The number of nitrogens with one attached hydrogen (secondary N) is 1. The number of rotatable bonds is 7. The van der Waals surface area contributed by atoms with Crippen LogP contribution in [0.5, 0.6) is 0 Å². The fourth-order valence-electron chi connectivity index (χ4n) is 2.40. The molecular weight excluding hydrogens is 342 g/mol. The average Bonchev–Trinajstić information content (AvgIpc) is 2.94. The van der Waals surface area contributed by atoms with E-state index in [1.54, 1.807) is 4.52 Å². The monoisotopic (exact) mass is 365 g/mol. The van der Waals surface area contributed by atoms with Crippen LogP contribution in [0.3, 0.4) is 0 Å². The van der Waals surface area contributed by atoms with E-state index in [9.17, 15) is 9.59 Å². The summed E-state index contributed by atoms with van der Waals surface area (Å²) in [5, 5.41) is 7.52. The standard InChI is InChI=1S/C16H23N5O3S/c1-9(2)6-12(14(23)24-5)18-13(22)8-25-16-19-15-17-10(3)7-11(4)21(15)20-16/h7,9,12H,6,8H2,1-5H3,(H,18,22)/t12-/m1/s1. The molecule has 0 saturated carbocycles. The maximum atomic E-state index is 12.1. The van der Waals surface area contributed by atoms with Gasteiger partial charge < -0.3 is 10.1 Å². The van der Waals surface area contributed by atoms with E-state index in [0.29, 0.717) is 17.4 Å². The minimum absolute atomic E-state index is 0.112. The number of ether oxygens (including phenoxy) is 1. The largest absolute Gasteiger partial charge is 0.467 e. The van der Waals surface area contributed by atoms with Gasteiger partial charge in [-0.2, -0.15) is 4.98 Å². The Balaban J connectivity index is 1.99. The van der Waals surface area contributed by atoms with Crippen molar-refractivity contribution in [2.24, 2.45) is 5.92 Å². The summed E-state index contributed by atoms with van der Waals surface area (Å²) in [5.74, 6) is 0.177. The molecule has 0 radical (unpaired) electrons. The zero-order valence-electron chi connectivity index (χ0n) is 15.1. The molecule has 0 saturated heterocycles. The summed E-state index contributed by atoms with van der Waals surface area (Å²) in [4.78, 5) is 32.5. The third-order valence-corrected chi connectivity index (χ3v) is 4.30. The molecule has 0 aliphatic heterocycles. The second kappa shape index (κ2) is 8.28. The molecule has 25 heavy (non-hydrogen) atoms. The average molecular weight is 365 g/mol. The maximum absolute atomic E-state index is 12.1. The summed E-state index contributed by atoms with van der Waals surface area (Å²) in [6.45, 7) is 7.78. The zero-order chi connectivity index (χ0) is 18.6. The molecule has 0 bridgehead atoms. The third kappa shape index (κ3) is 5.15. The Morgan fingerprint density at radius 2 is 2.04 bits per heavy atom. The van der Waals surface area contributed by atoms with E-state index in [0.717, 1.165) is 11.4 Å². The topological polar surface area (TPSA) is 98.5 Å². The fourth-order valence-corrected chi connectivity index (χ4v) is 3.03. The number of aryl methyl sites for hydroxylation is 2. The van der Waals surface area contributed by atoms with Gasteiger partial charge in [-0.1, -0.05) is 25.6 Å². The number of aromatic nitrogens is 4. The molecule has 0 aliphatic rings. The highest BCUT2D eigenvalue weighted by Gasteiger charge is 2.22. The van der Waals surface area contributed by atoms with Gasteiger partial charge in [0.05, 0.1) is 12.9 Å². The molecule has 0 fully saturated rings. The number of carbonyl (C=O) groups is 2. The van der Waals surface area contributed by atoms with E-state index in [1.165, 1.54) is 18.9 Å². The molecule has 1 atom stereocenters. The number of carbonyl (C=O) groups excluding carboxylic acids is 2. The predicted molar refractivity (Wildman–Crippen MR) is 94.4 cm³/mol. The summed E-state index contributed by atoms with van der Waals surface area (Å²) in [5.41, 5.74) is 1.79. The highest BCUT2D eigenvalue weighted by Crippen LogP contribution is 2.15. The summed E-state index contributed by atoms with van der Waals surface area (Å²) < 4.78 is 6.39. The minimum Gasteiger partial charge on any atom is -0.467 e. The molecule has 0 spiro atoms. The molecule has 0 aliphatic carbocycles. The Hall–Kier alpha value is -2.16. The third-order valence-electron chi connectivity index (χ3n) is 3.46. The van der Waals surface area contributed by atoms with Crippen molar-refractivity contribution in [3.05, 3.63) is 17.5 Å². The van der Waals surface area contributed by atoms with Crippen LogP contribution in [0.25, 0.3) is 5.78 Å². The van der Waals surface area contributed by atoms with Crippen LogP contribution in [-0.2, 0) is 14.3 Å². The molecule has 2 aromatic rings. The van der Waals surface area contributed by atoms with Crippen molar-refractivity contribution < 1.29 is 14.3 Å². The van der Waals surface area contributed by atoms with Gasteiger partial charge in [0.2, 0.25) is 11.1 Å². The van der Waals surface area contributed by atoms with Crippen molar-refractivity contribution in [2.45, 2.75) is 45.3 Å². The van der Waals surface area contributed by atoms with Crippen molar-refractivity contribution in [3.8, 4) is 0 Å². The van der Waals surface area contributed by atoms with Crippen LogP contribution in [0.15, 0.2) is 11.2 Å². The lowest BCUT2D eigenvalue weighted by Gasteiger charge is -2.17. The first-order chi connectivity index (χ1) is 11.8. The fraction of sp³-hybridized carbons (Fsp3) is 0.562. The Morgan fingerprint density at radius 3 is 2.68 bits per heavy atom. The van der Waals surface area contributed by atoms with Gasteiger partial charge >= 0.3 is 5.97 Å². The van der Waals surface area contributed by atoms with Crippen LogP contribution < -0.4 is 5.32 Å². The van der Waals surface area contributed by atoms with Crippen LogP contribution in [0.4, 0.5) is 0 Å². The Labute approximate surface area is 150 Å². The van der Waals surface area contributed by atoms with E-state index in [1.807, 2.05) is 33.8 Å². The lowest BCUT2D eigenvalue weighted by atomic mass is 10.0. The number of hydrogen-bond donors (Lipinski definition) is 1. The van der Waals surface area contributed by atoms with Crippen LogP contribution >= 0.6 is 11.8 Å². The van der Waals surface area contributed by atoms with Gasteiger partial charge in [0.25, 0.3) is 5.78 Å². The maximum Gasteiger partial charge on any atom is 0.328 e. The van der Waals surface area contributed by atoms with Gasteiger partial charge in [-0.25, -0.2) is 14.3 Å². The van der Waals surface area contributed by atoms with Crippen LogP contribution in [0.1, 0.15) is 31.7 Å². The quantitative estimate of drug-likeness (QED) is 0.587. The van der Waals surface area contributed by atoms with E-state index in [2.05, 4.69) is 20.4 Å². The van der Waals surface area contributed by atoms with Gasteiger partial charge in [0.15, 0.2) is 0 Å². The van der Waals surface area contributed by atoms with Gasteiger partial charge in [-0.15, -0.1) is 5.10 Å². The van der Waals surface area contributed by atoms with Crippen molar-refractivity contribution in [3.63, 3.8) is 0 Å². The first-order valence-corrected chi connectivity index (χ1v) is 8.99. The molecule has 8 nitrogen and oxygen atoms in total. The smallest absolute Gasteiger partial charge is 0.328 e. The number of nitrogens with zero attached hydrogens (tertiary/aromatic N) is 4. The lowest BCUT2D eigenvalue weighted by molar-refractivity contribution is -0.145. The van der Waals surface area contributed by atoms with Gasteiger partial charge in [0.1, 0.15) is 6.04 Å². The van der Waals surface area contributed by atoms with Gasteiger partial charge in [-0.05, 0) is 32.3 Å². The number of amides is 1. The molecule has 1 N–H and O–H groups in total. The van der Waals surface area contributed by atoms with Gasteiger partial charge in [-0.3, -0.25) is 4.79 Å². The molecule has 0 unspecified atom stereocenters. The number of hydrogen-bond acceptors (Lipinski definition) is 7. The van der Waals surface area contributed by atoms with E-state index < -0.39 is 12.0 Å². The summed E-state index contributed by atoms with van der Waals surface area (Å²) in [6, 6.07) is 1.27. The normalized spacial score (nSPS) is 12.4. The summed E-state index contributed by atoms with van der Waals surface area (Å²) in [6.07, 6.45) is 0.526. The number of thioether (sulfide) groups is 1. The Morgan fingerprint density at radius 1 is 1.32 bits per heavy atom. The second-order valence-corrected chi connectivity index (χ2v) is 7.15. The highest BCUT2D eigenvalue weighted by atomic mass is 32.2. The van der Waals surface area contributed by atoms with E-state index in [-0.39, 0.29) is 17.6 Å². The number of fused-ring (bicyclic) bond motifs is 1. The Kier molecular flexibility index (Phi) is 6.35. The predicted octanol–water partition coefficient (Wildman–Crippen LogP) is 1.54. The van der Waals surface area contributed by atoms with E-state index in [4.69, 9.17) is 4.74 Å². The molecule has 0 aromatic carbocycles. The van der Waals surface area contributed by atoms with Crippen molar-refractivity contribution in [1.82, 2.24) is 24.9 Å². The SMILES string of the molecule is COC(=O)[C@@H](CC(C)C)NC(=O)CSc1nc2nc(C)cc(C)n2n1. The summed E-state index contributed by atoms with van der Waals surface area (Å²) in [7, 11) is 1.31. The molecule has 2 heterocycles. The molecular formula is C16H23N5O3S. The lowest BCUT2D eigenvalue weighted by Crippen LogP contribution is -2.43. The minimum atomic E-state index is -0.640. The molecule has 2 aromatic heterocycles. The number of methoxy groups -OCH3 is 1. The molecule has 9 heteroatoms. The van der Waals surface area contributed by atoms with Crippen molar-refractivity contribution in [1.29, 1.82) is 0 Å². The first-order valence-electron chi connectivity index (χ1n) is 8.01. The summed E-state index contributed by atoms with van der Waals surface area (Å²) >= 11 is 1.20. The molecule has 2 rings (SSSR count). The van der Waals surface area contributed by atoms with Crippen LogP contribution in [0.2, 0.25) is 0 Å². The zero-order valence-corrected chi connectivity index (χ0v) is 15.9.